The van der Waals surface area contributed by atoms with Crippen LogP contribution in [-0.4, -0.2) is 23.2 Å². The van der Waals surface area contributed by atoms with Crippen LogP contribution in [0.25, 0.3) is 0 Å². The molecular weight excluding hydrogens is 353 g/mol. The molecule has 102 valence electrons. The van der Waals surface area contributed by atoms with E-state index in [0.29, 0.717) is 6.54 Å². The smallest absolute Gasteiger partial charge is 0.191 e. The SMILES string of the molecule is CN=C(NCc1ccccc1)NCc1ccn[nH]1.I. The maximum atomic E-state index is 4.16. The first-order valence-electron chi connectivity index (χ1n) is 5.85. The van der Waals surface area contributed by atoms with E-state index in [1.807, 2.05) is 24.3 Å². The van der Waals surface area contributed by atoms with Gasteiger partial charge in [-0.3, -0.25) is 10.1 Å². The van der Waals surface area contributed by atoms with Crippen molar-refractivity contribution in [3.05, 3.63) is 53.9 Å². The van der Waals surface area contributed by atoms with Gasteiger partial charge in [-0.25, -0.2) is 0 Å². The summed E-state index contributed by atoms with van der Waals surface area (Å²) in [6.07, 6.45) is 1.73. The van der Waals surface area contributed by atoms with Gasteiger partial charge in [-0.2, -0.15) is 5.10 Å². The van der Waals surface area contributed by atoms with E-state index in [1.54, 1.807) is 13.2 Å². The average Bonchev–Trinajstić information content (AvgIpc) is 2.93. The van der Waals surface area contributed by atoms with Crippen LogP contribution in [-0.2, 0) is 13.1 Å². The standard InChI is InChI=1S/C13H17N5.HI/c1-14-13(16-10-12-7-8-17-18-12)15-9-11-5-3-2-4-6-11;/h2-8H,9-10H2,1H3,(H,17,18)(H2,14,15,16);1H. The van der Waals surface area contributed by atoms with Gasteiger partial charge >= 0.3 is 0 Å². The monoisotopic (exact) mass is 371 g/mol. The summed E-state index contributed by atoms with van der Waals surface area (Å²) < 4.78 is 0. The molecule has 0 saturated heterocycles. The number of aromatic amines is 1. The summed E-state index contributed by atoms with van der Waals surface area (Å²) in [5.74, 6) is 0.772. The van der Waals surface area contributed by atoms with Crippen molar-refractivity contribution >= 4 is 29.9 Å². The van der Waals surface area contributed by atoms with Crippen LogP contribution in [0.4, 0.5) is 0 Å². The van der Waals surface area contributed by atoms with E-state index in [1.165, 1.54) is 5.56 Å². The van der Waals surface area contributed by atoms with Gasteiger partial charge in [-0.1, -0.05) is 30.3 Å². The Labute approximate surface area is 129 Å². The van der Waals surface area contributed by atoms with Crippen LogP contribution in [0.1, 0.15) is 11.3 Å². The Morgan fingerprint density at radius 1 is 1.16 bits per heavy atom. The molecule has 19 heavy (non-hydrogen) atoms. The first-order chi connectivity index (χ1) is 8.88. The highest BCUT2D eigenvalue weighted by atomic mass is 127. The third-order valence-electron chi connectivity index (χ3n) is 2.53. The fourth-order valence-corrected chi connectivity index (χ4v) is 1.56. The molecule has 0 spiro atoms. The van der Waals surface area contributed by atoms with Gasteiger partial charge in [0.25, 0.3) is 0 Å². The Morgan fingerprint density at radius 3 is 2.53 bits per heavy atom. The predicted octanol–water partition coefficient (Wildman–Crippen LogP) is 1.89. The zero-order valence-electron chi connectivity index (χ0n) is 10.8. The van der Waals surface area contributed by atoms with Crippen molar-refractivity contribution in [1.29, 1.82) is 0 Å². The molecule has 1 aromatic carbocycles. The van der Waals surface area contributed by atoms with E-state index >= 15 is 0 Å². The Hall–Kier alpha value is -1.57. The lowest BCUT2D eigenvalue weighted by Gasteiger charge is -2.11. The minimum atomic E-state index is 0. The molecule has 6 heteroatoms. The lowest BCUT2D eigenvalue weighted by molar-refractivity contribution is 0.790. The Morgan fingerprint density at radius 2 is 1.89 bits per heavy atom. The van der Waals surface area contributed by atoms with E-state index in [0.717, 1.165) is 18.2 Å². The van der Waals surface area contributed by atoms with Crippen molar-refractivity contribution in [2.75, 3.05) is 7.05 Å². The molecule has 0 amide bonds. The summed E-state index contributed by atoms with van der Waals surface area (Å²) in [4.78, 5) is 4.16. The number of guanidine groups is 1. The summed E-state index contributed by atoms with van der Waals surface area (Å²) >= 11 is 0. The van der Waals surface area contributed by atoms with Gasteiger partial charge in [-0.05, 0) is 11.6 Å². The Balaban J connectivity index is 0.00000180. The second-order valence-electron chi connectivity index (χ2n) is 3.85. The van der Waals surface area contributed by atoms with Crippen molar-refractivity contribution in [3.8, 4) is 0 Å². The van der Waals surface area contributed by atoms with Crippen LogP contribution in [0.2, 0.25) is 0 Å². The molecule has 0 unspecified atom stereocenters. The molecule has 0 bridgehead atoms. The molecule has 1 aromatic heterocycles. The van der Waals surface area contributed by atoms with Gasteiger partial charge in [0.15, 0.2) is 5.96 Å². The van der Waals surface area contributed by atoms with Crippen molar-refractivity contribution in [2.24, 2.45) is 4.99 Å². The lowest BCUT2D eigenvalue weighted by Crippen LogP contribution is -2.36. The molecule has 0 atom stereocenters. The summed E-state index contributed by atoms with van der Waals surface area (Å²) in [6.45, 7) is 1.43. The molecule has 2 rings (SSSR count). The number of halogens is 1. The molecule has 3 N–H and O–H groups in total. The normalized spacial score (nSPS) is 10.7. The molecule has 0 radical (unpaired) electrons. The first-order valence-corrected chi connectivity index (χ1v) is 5.85. The Bertz CT molecular complexity index is 481. The van der Waals surface area contributed by atoms with E-state index in [2.05, 4.69) is 38.0 Å². The van der Waals surface area contributed by atoms with Gasteiger partial charge in [0.05, 0.1) is 12.2 Å². The Kier molecular flexibility index (Phi) is 6.94. The first kappa shape index (κ1) is 15.5. The van der Waals surface area contributed by atoms with Crippen molar-refractivity contribution < 1.29 is 0 Å². The fourth-order valence-electron chi connectivity index (χ4n) is 1.56. The topological polar surface area (TPSA) is 65.1 Å². The number of nitrogens with zero attached hydrogens (tertiary/aromatic N) is 2. The summed E-state index contributed by atoms with van der Waals surface area (Å²) in [6, 6.07) is 12.1. The minimum absolute atomic E-state index is 0. The van der Waals surface area contributed by atoms with Crippen LogP contribution >= 0.6 is 24.0 Å². The fraction of sp³-hybridized carbons (Fsp3) is 0.231. The maximum absolute atomic E-state index is 4.16. The van der Waals surface area contributed by atoms with Crippen LogP contribution in [0, 0.1) is 0 Å². The second-order valence-corrected chi connectivity index (χ2v) is 3.85. The van der Waals surface area contributed by atoms with Crippen molar-refractivity contribution in [2.45, 2.75) is 13.1 Å². The lowest BCUT2D eigenvalue weighted by atomic mass is 10.2. The molecule has 0 aliphatic rings. The number of rotatable bonds is 4. The van der Waals surface area contributed by atoms with E-state index in [9.17, 15) is 0 Å². The number of hydrogen-bond donors (Lipinski definition) is 3. The maximum Gasteiger partial charge on any atom is 0.191 e. The van der Waals surface area contributed by atoms with E-state index in [-0.39, 0.29) is 24.0 Å². The van der Waals surface area contributed by atoms with Gasteiger partial charge in [0.2, 0.25) is 0 Å². The van der Waals surface area contributed by atoms with E-state index < -0.39 is 0 Å². The second kappa shape index (κ2) is 8.52. The number of benzene rings is 1. The van der Waals surface area contributed by atoms with Crippen LogP contribution in [0.15, 0.2) is 47.6 Å². The highest BCUT2D eigenvalue weighted by Gasteiger charge is 1.99. The molecule has 0 fully saturated rings. The third-order valence-corrected chi connectivity index (χ3v) is 2.53. The quantitative estimate of drug-likeness (QED) is 0.437. The number of aliphatic imine (C=N–C) groups is 1. The zero-order chi connectivity index (χ0) is 12.6. The summed E-state index contributed by atoms with van der Waals surface area (Å²) in [5, 5.41) is 13.3. The molecule has 5 nitrogen and oxygen atoms in total. The third kappa shape index (κ3) is 5.29. The van der Waals surface area contributed by atoms with Gasteiger partial charge in [0.1, 0.15) is 0 Å². The van der Waals surface area contributed by atoms with Crippen LogP contribution in [0.3, 0.4) is 0 Å². The van der Waals surface area contributed by atoms with Gasteiger partial charge in [0, 0.05) is 19.8 Å². The number of hydrogen-bond acceptors (Lipinski definition) is 2. The van der Waals surface area contributed by atoms with Gasteiger partial charge in [-0.15, -0.1) is 24.0 Å². The molecular formula is C13H18IN5. The van der Waals surface area contributed by atoms with E-state index in [4.69, 9.17) is 0 Å². The summed E-state index contributed by atoms with van der Waals surface area (Å²) in [7, 11) is 1.76. The largest absolute Gasteiger partial charge is 0.352 e. The van der Waals surface area contributed by atoms with Crippen LogP contribution in [0.5, 0.6) is 0 Å². The average molecular weight is 371 g/mol. The van der Waals surface area contributed by atoms with Crippen LogP contribution < -0.4 is 10.6 Å². The molecule has 1 heterocycles. The molecule has 2 aromatic rings. The molecule has 0 aliphatic heterocycles. The number of aromatic nitrogens is 2. The number of H-pyrrole nitrogens is 1. The minimum Gasteiger partial charge on any atom is -0.352 e. The highest BCUT2D eigenvalue weighted by Crippen LogP contribution is 1.97. The number of nitrogens with one attached hydrogen (secondary N) is 3. The predicted molar refractivity (Wildman–Crippen MR) is 87.5 cm³/mol. The molecule has 0 aliphatic carbocycles. The molecule has 0 saturated carbocycles. The van der Waals surface area contributed by atoms with Gasteiger partial charge < -0.3 is 10.6 Å². The van der Waals surface area contributed by atoms with Crippen molar-refractivity contribution in [3.63, 3.8) is 0 Å². The summed E-state index contributed by atoms with van der Waals surface area (Å²) in [5.41, 5.74) is 2.25. The highest BCUT2D eigenvalue weighted by molar-refractivity contribution is 14.0. The zero-order valence-corrected chi connectivity index (χ0v) is 13.1. The van der Waals surface area contributed by atoms with Crippen molar-refractivity contribution in [1.82, 2.24) is 20.8 Å².